The molecule has 4 aliphatic rings. The normalized spacial score (nSPS) is 50.7. The summed E-state index contributed by atoms with van der Waals surface area (Å²) in [5.41, 5.74) is 0. The molecule has 1 saturated carbocycles. The first-order valence-corrected chi connectivity index (χ1v) is 4.25. The Morgan fingerprint density at radius 2 is 1.73 bits per heavy atom. The molecule has 0 aliphatic heterocycles. The van der Waals surface area contributed by atoms with E-state index in [9.17, 15) is 4.79 Å². The lowest BCUT2D eigenvalue weighted by atomic mass is 10.0. The summed E-state index contributed by atoms with van der Waals surface area (Å²) < 4.78 is 0. The Bertz CT molecular complexity index is 255. The molecule has 0 aromatic rings. The van der Waals surface area contributed by atoms with Crippen molar-refractivity contribution >= 4 is 5.78 Å². The molecular weight excluding hydrogens is 136 g/mol. The molecule has 0 aromatic heterocycles. The number of carbonyl (C=O) groups excluding carboxylic acids is 1. The van der Waals surface area contributed by atoms with Gasteiger partial charge in [0.05, 0.1) is 5.92 Å². The maximum Gasteiger partial charge on any atom is 0.143 e. The predicted octanol–water partition coefficient (Wildman–Crippen LogP) is 1.56. The molecule has 0 heterocycles. The third-order valence-electron chi connectivity index (χ3n) is 3.18. The van der Waals surface area contributed by atoms with Gasteiger partial charge in [0, 0.05) is 6.42 Å². The van der Waals surface area contributed by atoms with Crippen LogP contribution in [0.25, 0.3) is 0 Å². The lowest BCUT2D eigenvalue weighted by molar-refractivity contribution is -0.120. The molecular formula is C10H10O. The summed E-state index contributed by atoms with van der Waals surface area (Å²) in [4.78, 5) is 11.4. The third kappa shape index (κ3) is 0.635. The quantitative estimate of drug-likeness (QED) is 0.474. The molecule has 4 rings (SSSR count). The Morgan fingerprint density at radius 1 is 1.09 bits per heavy atom. The number of ketones is 1. The molecule has 0 spiro atoms. The molecule has 0 aromatic carbocycles. The smallest absolute Gasteiger partial charge is 0.143 e. The fourth-order valence-corrected chi connectivity index (χ4v) is 2.39. The van der Waals surface area contributed by atoms with Crippen LogP contribution in [0.15, 0.2) is 24.3 Å². The SMILES string of the molecule is O=C1CC2C3C=CC1C=C[C@@H]32. The van der Waals surface area contributed by atoms with Gasteiger partial charge in [-0.05, 0) is 17.8 Å². The van der Waals surface area contributed by atoms with Crippen molar-refractivity contribution in [2.24, 2.45) is 23.7 Å². The average molecular weight is 146 g/mol. The van der Waals surface area contributed by atoms with Gasteiger partial charge in [-0.2, -0.15) is 0 Å². The van der Waals surface area contributed by atoms with Crippen molar-refractivity contribution in [3.63, 3.8) is 0 Å². The fraction of sp³-hybridized carbons (Fsp3) is 0.500. The second-order valence-corrected chi connectivity index (χ2v) is 3.78. The van der Waals surface area contributed by atoms with Gasteiger partial charge in [0.2, 0.25) is 0 Å². The van der Waals surface area contributed by atoms with Gasteiger partial charge in [-0.15, -0.1) is 0 Å². The van der Waals surface area contributed by atoms with Gasteiger partial charge in [-0.25, -0.2) is 0 Å². The van der Waals surface area contributed by atoms with Crippen LogP contribution < -0.4 is 0 Å². The summed E-state index contributed by atoms with van der Waals surface area (Å²) in [6.45, 7) is 0. The molecule has 0 saturated heterocycles. The van der Waals surface area contributed by atoms with Crippen molar-refractivity contribution in [3.05, 3.63) is 24.3 Å². The van der Waals surface area contributed by atoms with Crippen LogP contribution in [0.2, 0.25) is 0 Å². The Hall–Kier alpha value is -0.850. The van der Waals surface area contributed by atoms with Crippen molar-refractivity contribution < 1.29 is 4.79 Å². The summed E-state index contributed by atoms with van der Waals surface area (Å²) in [5.74, 6) is 2.63. The second-order valence-electron chi connectivity index (χ2n) is 3.78. The highest BCUT2D eigenvalue weighted by atomic mass is 16.1. The molecule has 11 heavy (non-hydrogen) atoms. The van der Waals surface area contributed by atoms with E-state index in [-0.39, 0.29) is 5.92 Å². The van der Waals surface area contributed by atoms with Gasteiger partial charge >= 0.3 is 0 Å². The minimum atomic E-state index is 0.120. The Morgan fingerprint density at radius 3 is 2.36 bits per heavy atom. The van der Waals surface area contributed by atoms with E-state index >= 15 is 0 Å². The maximum absolute atomic E-state index is 11.4. The lowest BCUT2D eigenvalue weighted by Crippen LogP contribution is -2.07. The average Bonchev–Trinajstić information content (AvgIpc) is 2.65. The van der Waals surface area contributed by atoms with Gasteiger partial charge in [0.15, 0.2) is 0 Å². The second kappa shape index (κ2) is 1.66. The van der Waals surface area contributed by atoms with Crippen molar-refractivity contribution in [1.82, 2.24) is 0 Å². The van der Waals surface area contributed by atoms with Crippen LogP contribution >= 0.6 is 0 Å². The van der Waals surface area contributed by atoms with Gasteiger partial charge in [0.25, 0.3) is 0 Å². The van der Waals surface area contributed by atoms with Crippen molar-refractivity contribution in [3.8, 4) is 0 Å². The molecule has 1 heteroatoms. The van der Waals surface area contributed by atoms with Crippen LogP contribution in [-0.4, -0.2) is 5.78 Å². The van der Waals surface area contributed by atoms with Crippen LogP contribution in [0, 0.1) is 23.7 Å². The minimum Gasteiger partial charge on any atom is -0.299 e. The van der Waals surface area contributed by atoms with Crippen LogP contribution in [0.1, 0.15) is 6.42 Å². The highest BCUT2D eigenvalue weighted by molar-refractivity contribution is 5.86. The largest absolute Gasteiger partial charge is 0.299 e. The third-order valence-corrected chi connectivity index (χ3v) is 3.18. The predicted molar refractivity (Wildman–Crippen MR) is 41.9 cm³/mol. The number of hydrogen-bond acceptors (Lipinski definition) is 1. The minimum absolute atomic E-state index is 0.120. The standard InChI is InChI=1S/C10H10O/c11-10-5-9-7-3-1-6(10)2-4-8(7)9/h1-4,6-9H,5H2/t6?,7-,8?,9?/m0/s1. The maximum atomic E-state index is 11.4. The highest BCUT2D eigenvalue weighted by Gasteiger charge is 2.50. The van der Waals surface area contributed by atoms with E-state index in [1.54, 1.807) is 0 Å². The first-order chi connectivity index (χ1) is 5.36. The van der Waals surface area contributed by atoms with E-state index in [0.717, 1.165) is 6.42 Å². The molecule has 56 valence electrons. The van der Waals surface area contributed by atoms with E-state index in [2.05, 4.69) is 24.3 Å². The van der Waals surface area contributed by atoms with Gasteiger partial charge < -0.3 is 0 Å². The number of Topliss-reactive ketones (excluding diaryl/α,β-unsaturated/α-hetero) is 1. The van der Waals surface area contributed by atoms with Gasteiger partial charge in [0.1, 0.15) is 5.78 Å². The Labute approximate surface area is 65.8 Å². The first kappa shape index (κ1) is 5.76. The number of hydrogen-bond donors (Lipinski definition) is 0. The van der Waals surface area contributed by atoms with E-state index in [1.165, 1.54) is 0 Å². The fourth-order valence-electron chi connectivity index (χ4n) is 2.39. The van der Waals surface area contributed by atoms with E-state index in [1.807, 2.05) is 0 Å². The molecule has 0 amide bonds. The number of allylic oxidation sites excluding steroid dienone is 4. The van der Waals surface area contributed by atoms with Crippen LogP contribution in [0.4, 0.5) is 0 Å². The lowest BCUT2D eigenvalue weighted by Gasteiger charge is -2.00. The molecule has 1 fully saturated rings. The van der Waals surface area contributed by atoms with E-state index in [4.69, 9.17) is 0 Å². The highest BCUT2D eigenvalue weighted by Crippen LogP contribution is 2.54. The molecule has 1 nitrogen and oxygen atoms in total. The van der Waals surface area contributed by atoms with Crippen LogP contribution in [-0.2, 0) is 4.79 Å². The monoisotopic (exact) mass is 146 g/mol. The van der Waals surface area contributed by atoms with Crippen molar-refractivity contribution in [1.29, 1.82) is 0 Å². The number of carbonyl (C=O) groups is 1. The summed E-state index contributed by atoms with van der Waals surface area (Å²) in [5, 5.41) is 0. The van der Waals surface area contributed by atoms with Crippen molar-refractivity contribution in [2.75, 3.05) is 0 Å². The topological polar surface area (TPSA) is 17.1 Å². The summed E-state index contributed by atoms with van der Waals surface area (Å²) in [6, 6.07) is 0. The number of fused-ring (bicyclic) bond motifs is 1. The summed E-state index contributed by atoms with van der Waals surface area (Å²) in [7, 11) is 0. The molecule has 4 atom stereocenters. The molecule has 3 unspecified atom stereocenters. The zero-order valence-electron chi connectivity index (χ0n) is 6.23. The summed E-state index contributed by atoms with van der Waals surface area (Å²) >= 11 is 0. The van der Waals surface area contributed by atoms with Gasteiger partial charge in [-0.1, -0.05) is 24.3 Å². The molecule has 0 radical (unpaired) electrons. The van der Waals surface area contributed by atoms with E-state index in [0.29, 0.717) is 23.5 Å². The molecule has 0 N–H and O–H groups in total. The van der Waals surface area contributed by atoms with Crippen molar-refractivity contribution in [2.45, 2.75) is 6.42 Å². The van der Waals surface area contributed by atoms with E-state index < -0.39 is 0 Å². The van der Waals surface area contributed by atoms with Gasteiger partial charge in [-0.3, -0.25) is 4.79 Å². The number of rotatable bonds is 0. The Kier molecular flexibility index (Phi) is 0.867. The molecule has 4 aliphatic carbocycles. The molecule has 4 bridgehead atoms. The summed E-state index contributed by atoms with van der Waals surface area (Å²) in [6.07, 6.45) is 9.46. The zero-order valence-corrected chi connectivity index (χ0v) is 6.23. The Balaban J connectivity index is 2.12. The zero-order chi connectivity index (χ0) is 7.42. The van der Waals surface area contributed by atoms with Crippen LogP contribution in [0.3, 0.4) is 0 Å². The first-order valence-electron chi connectivity index (χ1n) is 4.25. The van der Waals surface area contributed by atoms with Crippen LogP contribution in [0.5, 0.6) is 0 Å².